The first-order valence-corrected chi connectivity index (χ1v) is 8.94. The van der Waals surface area contributed by atoms with Crippen LogP contribution in [0, 0.1) is 0 Å². The van der Waals surface area contributed by atoms with E-state index in [1.807, 2.05) is 33.6 Å². The van der Waals surface area contributed by atoms with Gasteiger partial charge in [0.05, 0.1) is 18.3 Å². The lowest BCUT2D eigenvalue weighted by atomic mass is 10.2. The number of imidazole rings is 1. The van der Waals surface area contributed by atoms with Crippen LogP contribution < -0.4 is 10.9 Å². The first-order chi connectivity index (χ1) is 13.2. The summed E-state index contributed by atoms with van der Waals surface area (Å²) in [5.41, 5.74) is 2.76. The SMILES string of the molecule is CCCn1c(-c2cnn(Cc3ccccc3)c2)nc2nc(NC)[nH]c(=O)c21. The zero-order valence-corrected chi connectivity index (χ0v) is 15.3. The van der Waals surface area contributed by atoms with Crippen LogP contribution >= 0.6 is 0 Å². The molecule has 0 atom stereocenters. The van der Waals surface area contributed by atoms with Gasteiger partial charge in [-0.05, 0) is 12.0 Å². The second kappa shape index (κ2) is 7.06. The van der Waals surface area contributed by atoms with E-state index in [1.165, 1.54) is 5.56 Å². The van der Waals surface area contributed by atoms with Crippen LogP contribution in [0.2, 0.25) is 0 Å². The van der Waals surface area contributed by atoms with Gasteiger partial charge in [-0.3, -0.25) is 14.5 Å². The fourth-order valence-corrected chi connectivity index (χ4v) is 3.16. The van der Waals surface area contributed by atoms with E-state index in [0.717, 1.165) is 12.0 Å². The van der Waals surface area contributed by atoms with Crippen molar-refractivity contribution in [2.75, 3.05) is 12.4 Å². The summed E-state index contributed by atoms with van der Waals surface area (Å²) in [4.78, 5) is 24.3. The van der Waals surface area contributed by atoms with Gasteiger partial charge in [-0.25, -0.2) is 4.98 Å². The average Bonchev–Trinajstić information content (AvgIpc) is 3.27. The molecular weight excluding hydrogens is 342 g/mol. The van der Waals surface area contributed by atoms with Crippen LogP contribution in [0.4, 0.5) is 5.95 Å². The number of hydrogen-bond acceptors (Lipinski definition) is 5. The van der Waals surface area contributed by atoms with Gasteiger partial charge in [0, 0.05) is 19.8 Å². The van der Waals surface area contributed by atoms with Crippen molar-refractivity contribution < 1.29 is 0 Å². The minimum Gasteiger partial charge on any atom is -0.359 e. The molecule has 1 aromatic carbocycles. The monoisotopic (exact) mass is 363 g/mol. The standard InChI is InChI=1S/C19H21N7O/c1-3-9-26-15-16(23-19(20-2)24-18(15)27)22-17(26)14-10-21-25(12-14)11-13-7-5-4-6-8-13/h4-8,10,12H,3,9,11H2,1-2H3,(H2,20,23,24,27). The van der Waals surface area contributed by atoms with Crippen LogP contribution in [0.25, 0.3) is 22.6 Å². The normalized spacial score (nSPS) is 11.2. The number of aromatic amines is 1. The highest BCUT2D eigenvalue weighted by molar-refractivity contribution is 5.77. The van der Waals surface area contributed by atoms with Crippen LogP contribution in [-0.2, 0) is 13.1 Å². The maximum absolute atomic E-state index is 12.5. The van der Waals surface area contributed by atoms with E-state index in [1.54, 1.807) is 13.2 Å². The van der Waals surface area contributed by atoms with E-state index >= 15 is 0 Å². The molecule has 138 valence electrons. The van der Waals surface area contributed by atoms with Crippen molar-refractivity contribution >= 4 is 17.1 Å². The molecule has 0 aliphatic rings. The van der Waals surface area contributed by atoms with Crippen LogP contribution in [0.3, 0.4) is 0 Å². The van der Waals surface area contributed by atoms with E-state index in [9.17, 15) is 4.79 Å². The van der Waals surface area contributed by atoms with Gasteiger partial charge in [0.2, 0.25) is 5.95 Å². The van der Waals surface area contributed by atoms with E-state index < -0.39 is 0 Å². The summed E-state index contributed by atoms with van der Waals surface area (Å²) in [7, 11) is 1.71. The predicted octanol–water partition coefficient (Wildman–Crippen LogP) is 2.48. The number of nitrogens with one attached hydrogen (secondary N) is 2. The van der Waals surface area contributed by atoms with Gasteiger partial charge in [-0.1, -0.05) is 37.3 Å². The molecule has 0 bridgehead atoms. The van der Waals surface area contributed by atoms with E-state index in [-0.39, 0.29) is 5.56 Å². The highest BCUT2D eigenvalue weighted by Crippen LogP contribution is 2.23. The molecule has 0 saturated heterocycles. The number of rotatable bonds is 6. The smallest absolute Gasteiger partial charge is 0.278 e. The summed E-state index contributed by atoms with van der Waals surface area (Å²) in [6.07, 6.45) is 4.61. The third-order valence-corrected chi connectivity index (χ3v) is 4.38. The second-order valence-corrected chi connectivity index (χ2v) is 6.34. The van der Waals surface area contributed by atoms with Gasteiger partial charge in [0.25, 0.3) is 5.56 Å². The molecule has 0 amide bonds. The Morgan fingerprint density at radius 1 is 1.19 bits per heavy atom. The molecule has 4 aromatic rings. The summed E-state index contributed by atoms with van der Waals surface area (Å²) < 4.78 is 3.79. The molecule has 0 spiro atoms. The topological polar surface area (TPSA) is 93.4 Å². The second-order valence-electron chi connectivity index (χ2n) is 6.34. The number of nitrogens with zero attached hydrogens (tertiary/aromatic N) is 5. The zero-order valence-electron chi connectivity index (χ0n) is 15.3. The first kappa shape index (κ1) is 17.0. The first-order valence-electron chi connectivity index (χ1n) is 8.94. The third-order valence-electron chi connectivity index (χ3n) is 4.38. The number of hydrogen-bond donors (Lipinski definition) is 2. The summed E-state index contributed by atoms with van der Waals surface area (Å²) >= 11 is 0. The summed E-state index contributed by atoms with van der Waals surface area (Å²) in [6.45, 7) is 3.43. The minimum absolute atomic E-state index is 0.201. The number of benzene rings is 1. The molecule has 0 unspecified atom stereocenters. The molecule has 8 nitrogen and oxygen atoms in total. The fourth-order valence-electron chi connectivity index (χ4n) is 3.16. The largest absolute Gasteiger partial charge is 0.359 e. The fraction of sp³-hybridized carbons (Fsp3) is 0.263. The van der Waals surface area contributed by atoms with Crippen molar-refractivity contribution in [3.05, 3.63) is 58.6 Å². The van der Waals surface area contributed by atoms with Crippen LogP contribution in [0.5, 0.6) is 0 Å². The Hall–Kier alpha value is -3.42. The van der Waals surface area contributed by atoms with Gasteiger partial charge in [-0.2, -0.15) is 10.1 Å². The molecule has 4 rings (SSSR count). The molecule has 27 heavy (non-hydrogen) atoms. The van der Waals surface area contributed by atoms with Crippen molar-refractivity contribution in [3.8, 4) is 11.4 Å². The van der Waals surface area contributed by atoms with E-state index in [0.29, 0.717) is 36.0 Å². The van der Waals surface area contributed by atoms with Gasteiger partial charge in [0.15, 0.2) is 11.2 Å². The minimum atomic E-state index is -0.201. The van der Waals surface area contributed by atoms with Gasteiger partial charge >= 0.3 is 0 Å². The Morgan fingerprint density at radius 3 is 2.74 bits per heavy atom. The Kier molecular flexibility index (Phi) is 4.45. The number of aryl methyl sites for hydroxylation is 1. The predicted molar refractivity (Wildman–Crippen MR) is 105 cm³/mol. The summed E-state index contributed by atoms with van der Waals surface area (Å²) in [6, 6.07) is 10.2. The number of aromatic nitrogens is 6. The molecule has 3 aromatic heterocycles. The molecule has 0 aliphatic heterocycles. The maximum atomic E-state index is 12.5. The summed E-state index contributed by atoms with van der Waals surface area (Å²) in [5, 5.41) is 7.32. The molecular formula is C19H21N7O. The Bertz CT molecular complexity index is 1120. The van der Waals surface area contributed by atoms with E-state index in [4.69, 9.17) is 0 Å². The molecule has 8 heteroatoms. The zero-order chi connectivity index (χ0) is 18.8. The molecule has 3 heterocycles. The highest BCUT2D eigenvalue weighted by atomic mass is 16.1. The molecule has 0 saturated carbocycles. The van der Waals surface area contributed by atoms with Gasteiger partial charge in [0.1, 0.15) is 5.82 Å². The van der Waals surface area contributed by atoms with Gasteiger partial charge in [-0.15, -0.1) is 0 Å². The number of H-pyrrole nitrogens is 1. The molecule has 0 fully saturated rings. The Labute approximate surface area is 155 Å². The molecule has 0 aliphatic carbocycles. The number of anilines is 1. The maximum Gasteiger partial charge on any atom is 0.278 e. The Morgan fingerprint density at radius 2 is 2.00 bits per heavy atom. The van der Waals surface area contributed by atoms with Crippen molar-refractivity contribution in [2.45, 2.75) is 26.4 Å². The van der Waals surface area contributed by atoms with E-state index in [2.05, 4.69) is 44.4 Å². The van der Waals surface area contributed by atoms with Crippen molar-refractivity contribution in [1.29, 1.82) is 0 Å². The summed E-state index contributed by atoms with van der Waals surface area (Å²) in [5.74, 6) is 1.11. The van der Waals surface area contributed by atoms with Crippen molar-refractivity contribution in [2.24, 2.45) is 0 Å². The third kappa shape index (κ3) is 3.21. The Balaban J connectivity index is 1.78. The number of fused-ring (bicyclic) bond motifs is 1. The molecule has 2 N–H and O–H groups in total. The van der Waals surface area contributed by atoms with Crippen molar-refractivity contribution in [1.82, 2.24) is 29.3 Å². The molecule has 0 radical (unpaired) electrons. The van der Waals surface area contributed by atoms with Crippen molar-refractivity contribution in [3.63, 3.8) is 0 Å². The van der Waals surface area contributed by atoms with Crippen LogP contribution in [-0.4, -0.2) is 36.3 Å². The van der Waals surface area contributed by atoms with Crippen LogP contribution in [0.1, 0.15) is 18.9 Å². The lowest BCUT2D eigenvalue weighted by Crippen LogP contribution is -2.14. The average molecular weight is 363 g/mol. The van der Waals surface area contributed by atoms with Crippen LogP contribution in [0.15, 0.2) is 47.5 Å². The lowest BCUT2D eigenvalue weighted by molar-refractivity contribution is 0.686. The quantitative estimate of drug-likeness (QED) is 0.549. The highest BCUT2D eigenvalue weighted by Gasteiger charge is 2.18. The lowest BCUT2D eigenvalue weighted by Gasteiger charge is -2.05. The van der Waals surface area contributed by atoms with Gasteiger partial charge < -0.3 is 9.88 Å².